The van der Waals surface area contributed by atoms with E-state index in [0.717, 1.165) is 4.68 Å². The summed E-state index contributed by atoms with van der Waals surface area (Å²) in [7, 11) is 2.95. The van der Waals surface area contributed by atoms with E-state index in [4.69, 9.17) is 0 Å². The van der Waals surface area contributed by atoms with Gasteiger partial charge < -0.3 is 4.57 Å². The predicted octanol–water partition coefficient (Wildman–Crippen LogP) is 1.84. The highest BCUT2D eigenvalue weighted by atomic mass is 19.4. The van der Waals surface area contributed by atoms with Gasteiger partial charge in [0.15, 0.2) is 5.69 Å². The molecule has 0 saturated carbocycles. The summed E-state index contributed by atoms with van der Waals surface area (Å²) in [5.74, 6) is 0. The van der Waals surface area contributed by atoms with E-state index >= 15 is 0 Å². The number of imidazole rings is 1. The molecule has 2 aromatic heterocycles. The van der Waals surface area contributed by atoms with Gasteiger partial charge in [0.05, 0.1) is 23.8 Å². The van der Waals surface area contributed by atoms with Crippen LogP contribution >= 0.6 is 0 Å². The Hall–Kier alpha value is -1.79. The van der Waals surface area contributed by atoms with Gasteiger partial charge in [0.2, 0.25) is 0 Å². The molecular weight excluding hydrogens is 221 g/mol. The molecule has 0 aliphatic rings. The molecule has 0 amide bonds. The normalized spacial score (nSPS) is 12.1. The van der Waals surface area contributed by atoms with Gasteiger partial charge in [-0.05, 0) is 0 Å². The Morgan fingerprint density at radius 3 is 2.44 bits per heavy atom. The molecule has 0 aliphatic heterocycles. The van der Waals surface area contributed by atoms with E-state index in [-0.39, 0.29) is 11.3 Å². The molecule has 0 aromatic carbocycles. The minimum atomic E-state index is -4.43. The average Bonchev–Trinajstić information content (AvgIpc) is 2.70. The number of nitrogens with zero attached hydrogens (tertiary/aromatic N) is 4. The first kappa shape index (κ1) is 10.7. The molecule has 0 unspecified atom stereocenters. The lowest BCUT2D eigenvalue weighted by atomic mass is 10.2. The van der Waals surface area contributed by atoms with Crippen molar-refractivity contribution in [1.82, 2.24) is 19.3 Å². The fourth-order valence-corrected chi connectivity index (χ4v) is 1.51. The summed E-state index contributed by atoms with van der Waals surface area (Å²) in [6.45, 7) is 0. The number of aromatic nitrogens is 4. The maximum Gasteiger partial charge on any atom is 0.433 e. The molecule has 86 valence electrons. The molecule has 0 radical (unpaired) electrons. The highest BCUT2D eigenvalue weighted by Crippen LogP contribution is 2.35. The van der Waals surface area contributed by atoms with Gasteiger partial charge in [0.25, 0.3) is 0 Å². The van der Waals surface area contributed by atoms with Crippen molar-refractivity contribution in [2.45, 2.75) is 6.18 Å². The summed E-state index contributed by atoms with van der Waals surface area (Å²) in [6, 6.07) is 0. The van der Waals surface area contributed by atoms with Crippen LogP contribution in [0.2, 0.25) is 0 Å². The quantitative estimate of drug-likeness (QED) is 0.749. The molecule has 2 rings (SSSR count). The zero-order chi connectivity index (χ0) is 11.9. The van der Waals surface area contributed by atoms with Gasteiger partial charge >= 0.3 is 6.18 Å². The van der Waals surface area contributed by atoms with Gasteiger partial charge in [-0.15, -0.1) is 0 Å². The maximum absolute atomic E-state index is 12.7. The number of halogens is 3. The van der Waals surface area contributed by atoms with Gasteiger partial charge in [-0.25, -0.2) is 4.98 Å². The Kier molecular flexibility index (Phi) is 2.25. The molecular formula is C9H9F3N4. The number of hydrogen-bond acceptors (Lipinski definition) is 2. The monoisotopic (exact) mass is 230 g/mol. The van der Waals surface area contributed by atoms with E-state index in [2.05, 4.69) is 10.1 Å². The number of alkyl halides is 3. The Bertz CT molecular complexity index is 509. The van der Waals surface area contributed by atoms with Gasteiger partial charge in [0, 0.05) is 20.3 Å². The summed E-state index contributed by atoms with van der Waals surface area (Å²) in [5, 5.41) is 3.62. The minimum absolute atomic E-state index is 0.00407. The molecule has 16 heavy (non-hydrogen) atoms. The third-order valence-electron chi connectivity index (χ3n) is 2.19. The fourth-order valence-electron chi connectivity index (χ4n) is 1.51. The van der Waals surface area contributed by atoms with Crippen LogP contribution in [0.5, 0.6) is 0 Å². The zero-order valence-electron chi connectivity index (χ0n) is 8.65. The zero-order valence-corrected chi connectivity index (χ0v) is 8.65. The fraction of sp³-hybridized carbons (Fsp3) is 0.333. The Balaban J connectivity index is 2.58. The lowest BCUT2D eigenvalue weighted by Crippen LogP contribution is -2.13. The predicted molar refractivity (Wildman–Crippen MR) is 50.4 cm³/mol. The van der Waals surface area contributed by atoms with Crippen LogP contribution in [0.25, 0.3) is 11.3 Å². The van der Waals surface area contributed by atoms with Crippen LogP contribution in [0.4, 0.5) is 13.2 Å². The second-order valence-electron chi connectivity index (χ2n) is 3.45. The van der Waals surface area contributed by atoms with Crippen LogP contribution in [-0.2, 0) is 20.3 Å². The molecule has 0 fully saturated rings. The molecule has 4 nitrogen and oxygen atoms in total. The van der Waals surface area contributed by atoms with Crippen LogP contribution in [0.3, 0.4) is 0 Å². The third kappa shape index (κ3) is 1.68. The van der Waals surface area contributed by atoms with Crippen LogP contribution in [0, 0.1) is 0 Å². The van der Waals surface area contributed by atoms with Gasteiger partial charge in [-0.2, -0.15) is 18.3 Å². The van der Waals surface area contributed by atoms with E-state index < -0.39 is 11.9 Å². The first-order chi connectivity index (χ1) is 7.39. The lowest BCUT2D eigenvalue weighted by molar-refractivity contribution is -0.143. The van der Waals surface area contributed by atoms with E-state index in [1.165, 1.54) is 25.8 Å². The van der Waals surface area contributed by atoms with Gasteiger partial charge in [-0.1, -0.05) is 0 Å². The maximum atomic E-state index is 12.7. The summed E-state index contributed by atoms with van der Waals surface area (Å²) < 4.78 is 40.6. The number of hydrogen-bond donors (Lipinski definition) is 0. The molecule has 0 saturated heterocycles. The average molecular weight is 230 g/mol. The second kappa shape index (κ2) is 3.36. The Labute approximate surface area is 89.3 Å². The number of rotatable bonds is 1. The molecule has 0 bridgehead atoms. The largest absolute Gasteiger partial charge is 0.433 e. The molecule has 0 aliphatic carbocycles. The molecule has 7 heteroatoms. The van der Waals surface area contributed by atoms with Crippen molar-refractivity contribution in [3.05, 3.63) is 24.4 Å². The molecule has 2 aromatic rings. The minimum Gasteiger partial charge on any atom is -0.340 e. The van der Waals surface area contributed by atoms with Crippen molar-refractivity contribution in [1.29, 1.82) is 0 Å². The second-order valence-corrected chi connectivity index (χ2v) is 3.45. The van der Waals surface area contributed by atoms with Crippen molar-refractivity contribution < 1.29 is 13.2 Å². The van der Waals surface area contributed by atoms with Crippen molar-refractivity contribution in [3.63, 3.8) is 0 Å². The van der Waals surface area contributed by atoms with E-state index in [1.807, 2.05) is 0 Å². The van der Waals surface area contributed by atoms with E-state index in [1.54, 1.807) is 11.6 Å². The highest BCUT2D eigenvalue weighted by molar-refractivity contribution is 5.61. The highest BCUT2D eigenvalue weighted by Gasteiger charge is 2.38. The number of aryl methyl sites for hydroxylation is 2. The summed E-state index contributed by atoms with van der Waals surface area (Å²) in [4.78, 5) is 3.88. The molecule has 0 spiro atoms. The van der Waals surface area contributed by atoms with Gasteiger partial charge in [0.1, 0.15) is 0 Å². The Morgan fingerprint density at radius 2 is 1.94 bits per heavy atom. The smallest absolute Gasteiger partial charge is 0.340 e. The Morgan fingerprint density at radius 1 is 1.25 bits per heavy atom. The van der Waals surface area contributed by atoms with Crippen LogP contribution in [0.1, 0.15) is 5.69 Å². The van der Waals surface area contributed by atoms with Crippen molar-refractivity contribution in [2.24, 2.45) is 14.1 Å². The summed E-state index contributed by atoms with van der Waals surface area (Å²) >= 11 is 0. The molecule has 0 N–H and O–H groups in total. The van der Waals surface area contributed by atoms with Crippen molar-refractivity contribution in [3.8, 4) is 11.3 Å². The van der Waals surface area contributed by atoms with Crippen LogP contribution in [-0.4, -0.2) is 19.3 Å². The standard InChI is InChI=1S/C9H9F3N4/c1-15-4-7(13-5-15)6-3-14-16(2)8(6)9(10,11)12/h3-5H,1-2H3. The molecule has 2 heterocycles. The van der Waals surface area contributed by atoms with Crippen LogP contribution < -0.4 is 0 Å². The SMILES string of the molecule is Cn1cnc(-c2cnn(C)c2C(F)(F)F)c1. The topological polar surface area (TPSA) is 35.6 Å². The summed E-state index contributed by atoms with van der Waals surface area (Å²) in [5.41, 5.74) is -0.523. The first-order valence-corrected chi connectivity index (χ1v) is 4.47. The lowest BCUT2D eigenvalue weighted by Gasteiger charge is -2.08. The first-order valence-electron chi connectivity index (χ1n) is 4.47. The van der Waals surface area contributed by atoms with Crippen molar-refractivity contribution >= 4 is 0 Å². The summed E-state index contributed by atoms with van der Waals surface area (Å²) in [6.07, 6.45) is -0.294. The third-order valence-corrected chi connectivity index (χ3v) is 2.19. The van der Waals surface area contributed by atoms with Crippen molar-refractivity contribution in [2.75, 3.05) is 0 Å². The van der Waals surface area contributed by atoms with E-state index in [9.17, 15) is 13.2 Å². The van der Waals surface area contributed by atoms with E-state index in [0.29, 0.717) is 0 Å². The van der Waals surface area contributed by atoms with Crippen LogP contribution in [0.15, 0.2) is 18.7 Å². The molecule has 0 atom stereocenters. The van der Waals surface area contributed by atoms with Gasteiger partial charge in [-0.3, -0.25) is 4.68 Å².